The molecule has 0 saturated heterocycles. The van der Waals surface area contributed by atoms with Crippen LogP contribution in [0.5, 0.6) is 0 Å². The second kappa shape index (κ2) is 5.61. The second-order valence-electron chi connectivity index (χ2n) is 3.69. The first-order valence-electron chi connectivity index (χ1n) is 5.35. The van der Waals surface area contributed by atoms with Crippen LogP contribution >= 0.6 is 11.3 Å². The summed E-state index contributed by atoms with van der Waals surface area (Å²) < 4.78 is 26.7. The summed E-state index contributed by atoms with van der Waals surface area (Å²) in [5.41, 5.74) is 5.05. The molecule has 0 fully saturated rings. The van der Waals surface area contributed by atoms with E-state index in [9.17, 15) is 8.42 Å². The zero-order valence-corrected chi connectivity index (χ0v) is 11.8. The highest BCUT2D eigenvalue weighted by Gasteiger charge is 2.20. The van der Waals surface area contributed by atoms with Crippen molar-refractivity contribution in [2.24, 2.45) is 5.84 Å². The number of aryl methyl sites for hydroxylation is 1. The highest BCUT2D eigenvalue weighted by atomic mass is 32.2. The number of rotatable bonds is 5. The van der Waals surface area contributed by atoms with Crippen molar-refractivity contribution in [3.63, 3.8) is 0 Å². The molecule has 0 radical (unpaired) electrons. The van der Waals surface area contributed by atoms with Gasteiger partial charge in [-0.25, -0.2) is 23.1 Å². The largest absolute Gasteiger partial charge is 0.321 e. The molecule has 102 valence electrons. The molecule has 2 rings (SSSR count). The van der Waals surface area contributed by atoms with Gasteiger partial charge in [0, 0.05) is 17.6 Å². The average molecular weight is 299 g/mol. The number of hydrogen-bond donors (Lipinski definition) is 3. The molecule has 0 bridgehead atoms. The molecule has 0 aliphatic rings. The highest BCUT2D eigenvalue weighted by Crippen LogP contribution is 2.18. The molecule has 9 heteroatoms. The van der Waals surface area contributed by atoms with E-state index in [0.717, 1.165) is 10.6 Å². The van der Waals surface area contributed by atoms with E-state index in [2.05, 4.69) is 20.1 Å². The van der Waals surface area contributed by atoms with Crippen molar-refractivity contribution in [3.8, 4) is 0 Å². The van der Waals surface area contributed by atoms with Crippen LogP contribution in [0, 0.1) is 6.92 Å². The van der Waals surface area contributed by atoms with E-state index in [1.54, 1.807) is 17.6 Å². The van der Waals surface area contributed by atoms with Gasteiger partial charge in [-0.15, -0.1) is 11.3 Å². The fourth-order valence-electron chi connectivity index (χ4n) is 1.44. The Hall–Kier alpha value is -1.55. The van der Waals surface area contributed by atoms with E-state index >= 15 is 0 Å². The van der Waals surface area contributed by atoms with Gasteiger partial charge in [0.1, 0.15) is 0 Å². The van der Waals surface area contributed by atoms with E-state index in [1.165, 1.54) is 17.5 Å². The Morgan fingerprint density at radius 1 is 1.42 bits per heavy atom. The highest BCUT2D eigenvalue weighted by molar-refractivity contribution is 7.89. The van der Waals surface area contributed by atoms with Gasteiger partial charge in [0.25, 0.3) is 10.0 Å². The lowest BCUT2D eigenvalue weighted by molar-refractivity contribution is 0.578. The molecule has 19 heavy (non-hydrogen) atoms. The maximum Gasteiger partial charge on any atom is 0.260 e. The van der Waals surface area contributed by atoms with Crippen molar-refractivity contribution < 1.29 is 8.42 Å². The normalized spacial score (nSPS) is 11.5. The van der Waals surface area contributed by atoms with E-state index in [0.29, 0.717) is 0 Å². The van der Waals surface area contributed by atoms with Crippen LogP contribution in [0.3, 0.4) is 0 Å². The van der Waals surface area contributed by atoms with E-state index in [1.807, 2.05) is 6.92 Å². The van der Waals surface area contributed by atoms with E-state index in [4.69, 9.17) is 5.84 Å². The summed E-state index contributed by atoms with van der Waals surface area (Å²) in [7, 11) is -3.72. The minimum atomic E-state index is -3.72. The molecule has 0 saturated carbocycles. The predicted octanol–water partition coefficient (Wildman–Crippen LogP) is 0.611. The number of aromatic nitrogens is 2. The van der Waals surface area contributed by atoms with Gasteiger partial charge in [0.15, 0.2) is 5.03 Å². The van der Waals surface area contributed by atoms with Crippen LogP contribution in [-0.4, -0.2) is 18.4 Å². The summed E-state index contributed by atoms with van der Waals surface area (Å²) in [5, 5.41) is -0.125. The van der Waals surface area contributed by atoms with Crippen molar-refractivity contribution in [2.75, 3.05) is 5.43 Å². The Morgan fingerprint density at radius 2 is 2.21 bits per heavy atom. The van der Waals surface area contributed by atoms with E-state index < -0.39 is 10.0 Å². The van der Waals surface area contributed by atoms with Crippen LogP contribution < -0.4 is 16.0 Å². The summed E-state index contributed by atoms with van der Waals surface area (Å²) in [6.07, 6.45) is 1.40. The van der Waals surface area contributed by atoms with E-state index in [-0.39, 0.29) is 17.3 Å². The minimum Gasteiger partial charge on any atom is -0.321 e. The zero-order valence-electron chi connectivity index (χ0n) is 10.1. The number of hydrogen-bond acceptors (Lipinski definition) is 7. The van der Waals surface area contributed by atoms with Gasteiger partial charge >= 0.3 is 0 Å². The summed E-state index contributed by atoms with van der Waals surface area (Å²) in [4.78, 5) is 8.76. The third-order valence-electron chi connectivity index (χ3n) is 2.45. The number of anilines is 1. The molecule has 7 nitrogen and oxygen atoms in total. The predicted molar refractivity (Wildman–Crippen MR) is 72.9 cm³/mol. The number of nitrogens with one attached hydrogen (secondary N) is 2. The summed E-state index contributed by atoms with van der Waals surface area (Å²) >= 11 is 1.40. The molecular weight excluding hydrogens is 286 g/mol. The van der Waals surface area contributed by atoms with Crippen LogP contribution in [0.4, 0.5) is 5.69 Å². The van der Waals surface area contributed by atoms with Crippen molar-refractivity contribution in [2.45, 2.75) is 18.5 Å². The van der Waals surface area contributed by atoms with Crippen LogP contribution in [0.15, 0.2) is 28.9 Å². The van der Waals surface area contributed by atoms with Crippen LogP contribution in [0.25, 0.3) is 0 Å². The van der Waals surface area contributed by atoms with Gasteiger partial charge in [0.05, 0.1) is 16.9 Å². The lowest BCUT2D eigenvalue weighted by atomic mass is 10.4. The average Bonchev–Trinajstić information content (AvgIpc) is 2.82. The minimum absolute atomic E-state index is 0.125. The van der Waals surface area contributed by atoms with Crippen LogP contribution in [0.2, 0.25) is 0 Å². The Bertz CT molecular complexity index is 668. The fraction of sp³-hybridized carbons (Fsp3) is 0.200. The third-order valence-corrected chi connectivity index (χ3v) is 4.74. The number of nitrogens with zero attached hydrogens (tertiary/aromatic N) is 2. The molecule has 0 aliphatic carbocycles. The molecule has 2 aromatic heterocycles. The molecule has 2 aromatic rings. The maximum atomic E-state index is 12.1. The Balaban J connectivity index is 2.21. The number of sulfonamides is 1. The number of nitrogens with two attached hydrogens (primary N) is 1. The Kier molecular flexibility index (Phi) is 4.10. The molecule has 0 atom stereocenters. The quantitative estimate of drug-likeness (QED) is 0.551. The first-order valence-corrected chi connectivity index (χ1v) is 7.71. The molecule has 2 heterocycles. The van der Waals surface area contributed by atoms with Crippen LogP contribution in [0.1, 0.15) is 10.6 Å². The van der Waals surface area contributed by atoms with Gasteiger partial charge in [-0.2, -0.15) is 0 Å². The van der Waals surface area contributed by atoms with Gasteiger partial charge in [-0.1, -0.05) is 0 Å². The van der Waals surface area contributed by atoms with Gasteiger partial charge in [-0.3, -0.25) is 5.84 Å². The number of pyridine rings is 1. The Morgan fingerprint density at radius 3 is 2.84 bits per heavy atom. The van der Waals surface area contributed by atoms with Gasteiger partial charge in [0.2, 0.25) is 0 Å². The van der Waals surface area contributed by atoms with Crippen LogP contribution in [-0.2, 0) is 16.6 Å². The standard InChI is InChI=1S/C10H13N5O2S2/c1-7-9(18-6-13-7)5-14-19(16,17)10-8(15-11)3-2-4-12-10/h2-4,6,14-15H,5,11H2,1H3. The van der Waals surface area contributed by atoms with Crippen molar-refractivity contribution in [3.05, 3.63) is 34.4 Å². The molecule has 0 amide bonds. The van der Waals surface area contributed by atoms with Gasteiger partial charge < -0.3 is 5.43 Å². The molecule has 0 spiro atoms. The first kappa shape index (κ1) is 13.9. The summed E-state index contributed by atoms with van der Waals surface area (Å²) in [5.74, 6) is 5.27. The zero-order chi connectivity index (χ0) is 13.9. The van der Waals surface area contributed by atoms with Crippen molar-refractivity contribution in [1.82, 2.24) is 14.7 Å². The third kappa shape index (κ3) is 3.07. The summed E-state index contributed by atoms with van der Waals surface area (Å²) in [6.45, 7) is 2.01. The molecule has 0 aromatic carbocycles. The SMILES string of the molecule is Cc1ncsc1CNS(=O)(=O)c1ncccc1NN. The number of thiazole rings is 1. The number of nitrogen functional groups attached to an aromatic ring is 1. The lowest BCUT2D eigenvalue weighted by Gasteiger charge is -2.09. The number of hydrazine groups is 1. The topological polar surface area (TPSA) is 110 Å². The molecular formula is C10H13N5O2S2. The van der Waals surface area contributed by atoms with Crippen molar-refractivity contribution >= 4 is 27.0 Å². The Labute approximate surface area is 114 Å². The monoisotopic (exact) mass is 299 g/mol. The molecule has 0 aliphatic heterocycles. The smallest absolute Gasteiger partial charge is 0.260 e. The second-order valence-corrected chi connectivity index (χ2v) is 6.31. The summed E-state index contributed by atoms with van der Waals surface area (Å²) in [6, 6.07) is 3.14. The van der Waals surface area contributed by atoms with Crippen molar-refractivity contribution in [1.29, 1.82) is 0 Å². The molecule has 4 N–H and O–H groups in total. The fourth-order valence-corrected chi connectivity index (χ4v) is 3.33. The maximum absolute atomic E-state index is 12.1. The lowest BCUT2D eigenvalue weighted by Crippen LogP contribution is -2.26. The first-order chi connectivity index (χ1) is 9.04. The van der Waals surface area contributed by atoms with Gasteiger partial charge in [-0.05, 0) is 19.1 Å². The molecule has 0 unspecified atom stereocenters.